The predicted molar refractivity (Wildman–Crippen MR) is 124 cm³/mol. The molecule has 0 aromatic carbocycles. The minimum absolute atomic E-state index is 0.416. The number of hydrogen-bond acceptors (Lipinski definition) is 1. The van der Waals surface area contributed by atoms with Crippen LogP contribution in [0.15, 0.2) is 0 Å². The van der Waals surface area contributed by atoms with E-state index >= 15 is 0 Å². The molecule has 0 aromatic rings. The standard InChI is InChI=1S/C26H54O/c1-4-6-8-10-12-14-15-16-17-19-21-23-25-26(3,27)24-22-20-18-13-11-9-7-5-2/h27H,4-25H2,1-3H3. The summed E-state index contributed by atoms with van der Waals surface area (Å²) in [4.78, 5) is 0. The fourth-order valence-corrected chi connectivity index (χ4v) is 4.11. The van der Waals surface area contributed by atoms with E-state index in [0.717, 1.165) is 12.8 Å². The predicted octanol–water partition coefficient (Wildman–Crippen LogP) is 9.36. The van der Waals surface area contributed by atoms with Crippen LogP contribution in [0.4, 0.5) is 0 Å². The number of aliphatic hydroxyl groups is 1. The quantitative estimate of drug-likeness (QED) is 0.185. The average molecular weight is 383 g/mol. The molecule has 0 radical (unpaired) electrons. The molecular formula is C26H54O. The molecule has 0 spiro atoms. The van der Waals surface area contributed by atoms with Crippen LogP contribution >= 0.6 is 0 Å². The summed E-state index contributed by atoms with van der Waals surface area (Å²) in [5, 5.41) is 10.5. The van der Waals surface area contributed by atoms with E-state index in [4.69, 9.17) is 0 Å². The van der Waals surface area contributed by atoms with Crippen molar-refractivity contribution in [3.8, 4) is 0 Å². The van der Waals surface area contributed by atoms with Crippen LogP contribution < -0.4 is 0 Å². The van der Waals surface area contributed by atoms with Gasteiger partial charge in [0, 0.05) is 0 Å². The molecule has 1 atom stereocenters. The smallest absolute Gasteiger partial charge is 0.0619 e. The molecule has 0 saturated carbocycles. The van der Waals surface area contributed by atoms with Crippen molar-refractivity contribution in [2.45, 2.75) is 168 Å². The van der Waals surface area contributed by atoms with Gasteiger partial charge in [-0.1, -0.05) is 142 Å². The first-order valence-corrected chi connectivity index (χ1v) is 12.8. The summed E-state index contributed by atoms with van der Waals surface area (Å²) in [6.45, 7) is 6.63. The summed E-state index contributed by atoms with van der Waals surface area (Å²) in [6, 6.07) is 0. The van der Waals surface area contributed by atoms with Crippen molar-refractivity contribution in [1.29, 1.82) is 0 Å². The Morgan fingerprint density at radius 3 is 0.889 bits per heavy atom. The van der Waals surface area contributed by atoms with E-state index in [1.165, 1.54) is 128 Å². The third-order valence-electron chi connectivity index (χ3n) is 6.14. The molecule has 0 heterocycles. The first-order chi connectivity index (χ1) is 13.1. The second-order valence-electron chi connectivity index (χ2n) is 9.36. The van der Waals surface area contributed by atoms with Crippen LogP contribution in [0, 0.1) is 0 Å². The number of hydrogen-bond donors (Lipinski definition) is 1. The monoisotopic (exact) mass is 382 g/mol. The molecule has 0 aliphatic rings. The maximum atomic E-state index is 10.5. The van der Waals surface area contributed by atoms with Crippen LogP contribution in [-0.2, 0) is 0 Å². The molecule has 0 aliphatic heterocycles. The van der Waals surface area contributed by atoms with Gasteiger partial charge in [-0.3, -0.25) is 0 Å². The highest BCUT2D eigenvalue weighted by molar-refractivity contribution is 4.72. The zero-order valence-corrected chi connectivity index (χ0v) is 19.5. The van der Waals surface area contributed by atoms with Crippen LogP contribution in [0.3, 0.4) is 0 Å². The Bertz CT molecular complexity index is 271. The lowest BCUT2D eigenvalue weighted by Gasteiger charge is -2.23. The van der Waals surface area contributed by atoms with Crippen molar-refractivity contribution in [2.24, 2.45) is 0 Å². The zero-order chi connectivity index (χ0) is 20.1. The van der Waals surface area contributed by atoms with E-state index in [9.17, 15) is 5.11 Å². The molecule has 27 heavy (non-hydrogen) atoms. The first-order valence-electron chi connectivity index (χ1n) is 12.8. The van der Waals surface area contributed by atoms with Crippen molar-refractivity contribution < 1.29 is 5.11 Å². The summed E-state index contributed by atoms with van der Waals surface area (Å²) < 4.78 is 0. The maximum absolute atomic E-state index is 10.5. The van der Waals surface area contributed by atoms with Gasteiger partial charge in [0.1, 0.15) is 0 Å². The zero-order valence-electron chi connectivity index (χ0n) is 19.5. The molecule has 0 amide bonds. The molecular weight excluding hydrogens is 328 g/mol. The molecule has 1 N–H and O–H groups in total. The number of rotatable bonds is 22. The Labute approximate surface area is 173 Å². The van der Waals surface area contributed by atoms with Crippen LogP contribution in [0.5, 0.6) is 0 Å². The molecule has 0 aromatic heterocycles. The van der Waals surface area contributed by atoms with Crippen LogP contribution in [-0.4, -0.2) is 10.7 Å². The minimum Gasteiger partial charge on any atom is -0.390 e. The summed E-state index contributed by atoms with van der Waals surface area (Å²) in [7, 11) is 0. The molecule has 0 bridgehead atoms. The summed E-state index contributed by atoms with van der Waals surface area (Å²) in [5.41, 5.74) is -0.416. The van der Waals surface area contributed by atoms with Crippen molar-refractivity contribution >= 4 is 0 Å². The minimum atomic E-state index is -0.416. The SMILES string of the molecule is CCCCCCCCCCCCCCC(C)(O)CCCCCCCCCC. The van der Waals surface area contributed by atoms with Gasteiger partial charge in [0.05, 0.1) is 5.60 Å². The molecule has 1 heteroatoms. The highest BCUT2D eigenvalue weighted by Gasteiger charge is 2.18. The largest absolute Gasteiger partial charge is 0.390 e. The molecule has 0 fully saturated rings. The second-order valence-corrected chi connectivity index (χ2v) is 9.36. The molecule has 1 nitrogen and oxygen atoms in total. The van der Waals surface area contributed by atoms with Crippen LogP contribution in [0.25, 0.3) is 0 Å². The van der Waals surface area contributed by atoms with Gasteiger partial charge < -0.3 is 5.11 Å². The Balaban J connectivity index is 3.30. The van der Waals surface area contributed by atoms with Crippen LogP contribution in [0.2, 0.25) is 0 Å². The summed E-state index contributed by atoms with van der Waals surface area (Å²) >= 11 is 0. The molecule has 1 unspecified atom stereocenters. The summed E-state index contributed by atoms with van der Waals surface area (Å²) in [6.07, 6.45) is 29.5. The van der Waals surface area contributed by atoms with Gasteiger partial charge in [0.15, 0.2) is 0 Å². The van der Waals surface area contributed by atoms with Gasteiger partial charge in [0.25, 0.3) is 0 Å². The third kappa shape index (κ3) is 22.1. The van der Waals surface area contributed by atoms with Crippen molar-refractivity contribution in [1.82, 2.24) is 0 Å². The fraction of sp³-hybridized carbons (Fsp3) is 1.00. The Morgan fingerprint density at radius 1 is 0.407 bits per heavy atom. The van der Waals surface area contributed by atoms with Crippen molar-refractivity contribution in [2.75, 3.05) is 0 Å². The van der Waals surface area contributed by atoms with Gasteiger partial charge >= 0.3 is 0 Å². The van der Waals surface area contributed by atoms with Gasteiger partial charge in [-0.25, -0.2) is 0 Å². The molecule has 0 rings (SSSR count). The van der Waals surface area contributed by atoms with E-state index in [0.29, 0.717) is 0 Å². The summed E-state index contributed by atoms with van der Waals surface area (Å²) in [5.74, 6) is 0. The normalized spacial score (nSPS) is 13.8. The topological polar surface area (TPSA) is 20.2 Å². The fourth-order valence-electron chi connectivity index (χ4n) is 4.11. The average Bonchev–Trinajstić information content (AvgIpc) is 2.64. The van der Waals surface area contributed by atoms with Gasteiger partial charge in [-0.05, 0) is 19.8 Å². The van der Waals surface area contributed by atoms with Gasteiger partial charge in [-0.15, -0.1) is 0 Å². The Kier molecular flexibility index (Phi) is 20.7. The number of unbranched alkanes of at least 4 members (excludes halogenated alkanes) is 18. The second kappa shape index (κ2) is 20.7. The lowest BCUT2D eigenvalue weighted by atomic mass is 9.91. The van der Waals surface area contributed by atoms with Crippen molar-refractivity contribution in [3.63, 3.8) is 0 Å². The van der Waals surface area contributed by atoms with Gasteiger partial charge in [0.2, 0.25) is 0 Å². The van der Waals surface area contributed by atoms with E-state index in [1.54, 1.807) is 0 Å². The Morgan fingerprint density at radius 2 is 0.630 bits per heavy atom. The van der Waals surface area contributed by atoms with E-state index < -0.39 is 5.60 Å². The Hall–Kier alpha value is -0.0400. The lowest BCUT2D eigenvalue weighted by molar-refractivity contribution is 0.0366. The van der Waals surface area contributed by atoms with E-state index in [1.807, 2.05) is 0 Å². The molecule has 0 aliphatic carbocycles. The van der Waals surface area contributed by atoms with E-state index in [2.05, 4.69) is 20.8 Å². The maximum Gasteiger partial charge on any atom is 0.0619 e. The lowest BCUT2D eigenvalue weighted by Crippen LogP contribution is -2.23. The molecule has 164 valence electrons. The third-order valence-corrected chi connectivity index (χ3v) is 6.14. The highest BCUT2D eigenvalue weighted by atomic mass is 16.3. The van der Waals surface area contributed by atoms with Gasteiger partial charge in [-0.2, -0.15) is 0 Å². The first kappa shape index (κ1) is 27.0. The molecule has 0 saturated heterocycles. The van der Waals surface area contributed by atoms with Crippen LogP contribution in [0.1, 0.15) is 162 Å². The van der Waals surface area contributed by atoms with Crippen molar-refractivity contribution in [3.05, 3.63) is 0 Å². The highest BCUT2D eigenvalue weighted by Crippen LogP contribution is 2.23. The van der Waals surface area contributed by atoms with E-state index in [-0.39, 0.29) is 0 Å².